The SMILES string of the molecule is Nc1ncc(CO)c(CCl)c1C(F)F. The van der Waals surface area contributed by atoms with Gasteiger partial charge in [-0.2, -0.15) is 0 Å². The van der Waals surface area contributed by atoms with Crippen molar-refractivity contribution in [2.75, 3.05) is 5.73 Å². The quantitative estimate of drug-likeness (QED) is 0.768. The molecule has 0 unspecified atom stereocenters. The molecule has 0 radical (unpaired) electrons. The minimum absolute atomic E-state index is 0.123. The fourth-order valence-corrected chi connectivity index (χ4v) is 1.48. The van der Waals surface area contributed by atoms with E-state index in [9.17, 15) is 8.78 Å². The van der Waals surface area contributed by atoms with Crippen molar-refractivity contribution >= 4 is 17.4 Å². The summed E-state index contributed by atoms with van der Waals surface area (Å²) in [4.78, 5) is 3.56. The number of nitrogens with two attached hydrogens (primary N) is 1. The molecular weight excluding hydrogens is 214 g/mol. The first-order valence-corrected chi connectivity index (χ1v) is 4.36. The van der Waals surface area contributed by atoms with Crippen LogP contribution in [0.3, 0.4) is 0 Å². The van der Waals surface area contributed by atoms with Crippen LogP contribution in [0.25, 0.3) is 0 Å². The Balaban J connectivity index is 3.35. The van der Waals surface area contributed by atoms with Gasteiger partial charge >= 0.3 is 0 Å². The number of anilines is 1. The van der Waals surface area contributed by atoms with E-state index in [-0.39, 0.29) is 35.0 Å². The Labute approximate surface area is 84.5 Å². The van der Waals surface area contributed by atoms with Gasteiger partial charge in [0.25, 0.3) is 6.43 Å². The van der Waals surface area contributed by atoms with E-state index < -0.39 is 6.43 Å². The zero-order valence-electron chi connectivity index (χ0n) is 7.17. The van der Waals surface area contributed by atoms with E-state index in [0.717, 1.165) is 0 Å². The standard InChI is InChI=1S/C8H9ClF2N2O/c9-1-5-4(3-14)2-13-8(12)6(5)7(10)11/h2,7,14H,1,3H2,(H2,12,13). The van der Waals surface area contributed by atoms with Crippen molar-refractivity contribution in [2.24, 2.45) is 0 Å². The van der Waals surface area contributed by atoms with Crippen LogP contribution >= 0.6 is 11.6 Å². The highest BCUT2D eigenvalue weighted by Crippen LogP contribution is 2.30. The summed E-state index contributed by atoms with van der Waals surface area (Å²) >= 11 is 5.50. The number of halogens is 3. The number of pyridine rings is 1. The lowest BCUT2D eigenvalue weighted by Crippen LogP contribution is -2.06. The van der Waals surface area contributed by atoms with E-state index in [1.807, 2.05) is 0 Å². The minimum atomic E-state index is -2.73. The predicted octanol–water partition coefficient (Wildman–Crippen LogP) is 1.83. The molecule has 0 aliphatic heterocycles. The first kappa shape index (κ1) is 11.1. The Hall–Kier alpha value is -0.940. The van der Waals surface area contributed by atoms with E-state index in [0.29, 0.717) is 0 Å². The molecule has 0 fully saturated rings. The molecule has 1 rings (SSSR count). The Kier molecular flexibility index (Phi) is 3.60. The third kappa shape index (κ3) is 1.93. The molecule has 0 aliphatic carbocycles. The minimum Gasteiger partial charge on any atom is -0.392 e. The van der Waals surface area contributed by atoms with Gasteiger partial charge in [-0.1, -0.05) is 0 Å². The topological polar surface area (TPSA) is 59.1 Å². The second-order valence-electron chi connectivity index (χ2n) is 2.65. The second-order valence-corrected chi connectivity index (χ2v) is 2.92. The van der Waals surface area contributed by atoms with Crippen molar-refractivity contribution < 1.29 is 13.9 Å². The summed E-state index contributed by atoms with van der Waals surface area (Å²) in [6.07, 6.45) is -1.48. The largest absolute Gasteiger partial charge is 0.392 e. The maximum Gasteiger partial charge on any atom is 0.267 e. The first-order chi connectivity index (χ1) is 6.61. The van der Waals surface area contributed by atoms with Crippen molar-refractivity contribution in [3.8, 4) is 0 Å². The van der Waals surface area contributed by atoms with Crippen LogP contribution < -0.4 is 5.73 Å². The zero-order valence-corrected chi connectivity index (χ0v) is 7.93. The molecule has 3 N–H and O–H groups in total. The molecule has 6 heteroatoms. The van der Waals surface area contributed by atoms with Crippen molar-refractivity contribution in [2.45, 2.75) is 18.9 Å². The third-order valence-corrected chi connectivity index (χ3v) is 2.14. The van der Waals surface area contributed by atoms with Gasteiger partial charge < -0.3 is 10.8 Å². The number of nitrogen functional groups attached to an aromatic ring is 1. The monoisotopic (exact) mass is 222 g/mol. The van der Waals surface area contributed by atoms with Crippen molar-refractivity contribution in [1.82, 2.24) is 4.98 Å². The first-order valence-electron chi connectivity index (χ1n) is 3.82. The Bertz CT molecular complexity index is 333. The summed E-state index contributed by atoms with van der Waals surface area (Å²) in [5.41, 5.74) is 5.35. The number of nitrogens with zero attached hydrogens (tertiary/aromatic N) is 1. The van der Waals surface area contributed by atoms with Gasteiger partial charge in [0.2, 0.25) is 0 Å². The van der Waals surface area contributed by atoms with E-state index in [1.165, 1.54) is 6.20 Å². The molecule has 1 aromatic heterocycles. The van der Waals surface area contributed by atoms with Crippen molar-refractivity contribution in [3.63, 3.8) is 0 Å². The molecule has 0 amide bonds. The maximum atomic E-state index is 12.5. The van der Waals surface area contributed by atoms with Gasteiger partial charge in [-0.25, -0.2) is 13.8 Å². The lowest BCUT2D eigenvalue weighted by atomic mass is 10.1. The van der Waals surface area contributed by atoms with Crippen molar-refractivity contribution in [1.29, 1.82) is 0 Å². The van der Waals surface area contributed by atoms with Gasteiger partial charge in [-0.15, -0.1) is 11.6 Å². The molecule has 14 heavy (non-hydrogen) atoms. The summed E-state index contributed by atoms with van der Waals surface area (Å²) in [6, 6.07) is 0. The van der Waals surface area contributed by atoms with Crippen LogP contribution in [-0.4, -0.2) is 10.1 Å². The fraction of sp³-hybridized carbons (Fsp3) is 0.375. The number of aliphatic hydroxyl groups is 1. The number of aromatic nitrogens is 1. The second kappa shape index (κ2) is 4.52. The summed E-state index contributed by atoms with van der Waals surface area (Å²) in [7, 11) is 0. The highest BCUT2D eigenvalue weighted by atomic mass is 35.5. The number of hydrogen-bond donors (Lipinski definition) is 2. The molecule has 0 bridgehead atoms. The zero-order chi connectivity index (χ0) is 10.7. The summed E-state index contributed by atoms with van der Waals surface area (Å²) < 4.78 is 25.1. The molecule has 78 valence electrons. The molecule has 0 saturated carbocycles. The lowest BCUT2D eigenvalue weighted by molar-refractivity contribution is 0.150. The summed E-state index contributed by atoms with van der Waals surface area (Å²) in [5.74, 6) is -0.365. The van der Waals surface area contributed by atoms with Crippen LogP contribution in [0.5, 0.6) is 0 Å². The molecule has 0 spiro atoms. The average Bonchev–Trinajstić information content (AvgIpc) is 2.16. The van der Waals surface area contributed by atoms with Gasteiger partial charge in [0.05, 0.1) is 12.2 Å². The van der Waals surface area contributed by atoms with Gasteiger partial charge in [0.1, 0.15) is 5.82 Å². The fourth-order valence-electron chi connectivity index (χ4n) is 1.16. The molecule has 0 saturated heterocycles. The summed E-state index contributed by atoms with van der Waals surface area (Å²) in [5, 5.41) is 8.86. The van der Waals surface area contributed by atoms with Gasteiger partial charge in [-0.3, -0.25) is 0 Å². The van der Waals surface area contributed by atoms with Crippen LogP contribution in [0.2, 0.25) is 0 Å². The molecule has 1 aromatic rings. The highest BCUT2D eigenvalue weighted by molar-refractivity contribution is 6.17. The van der Waals surface area contributed by atoms with Gasteiger partial charge in [0, 0.05) is 17.6 Å². The molecule has 1 heterocycles. The molecular formula is C8H9ClF2N2O. The normalized spacial score (nSPS) is 10.9. The van der Waals surface area contributed by atoms with Crippen LogP contribution in [0.15, 0.2) is 6.20 Å². The lowest BCUT2D eigenvalue weighted by Gasteiger charge is -2.12. The van der Waals surface area contributed by atoms with E-state index in [1.54, 1.807) is 0 Å². The summed E-state index contributed by atoms with van der Waals surface area (Å²) in [6.45, 7) is -0.380. The molecule has 0 aliphatic rings. The predicted molar refractivity (Wildman–Crippen MR) is 49.1 cm³/mol. The van der Waals surface area contributed by atoms with Crippen LogP contribution in [0, 0.1) is 0 Å². The highest BCUT2D eigenvalue weighted by Gasteiger charge is 2.19. The van der Waals surface area contributed by atoms with E-state index >= 15 is 0 Å². The van der Waals surface area contributed by atoms with Gasteiger partial charge in [-0.05, 0) is 5.56 Å². The number of aliphatic hydroxyl groups excluding tert-OH is 1. The van der Waals surface area contributed by atoms with Crippen LogP contribution in [0.1, 0.15) is 23.1 Å². The Morgan fingerprint density at radius 2 is 2.21 bits per heavy atom. The van der Waals surface area contributed by atoms with E-state index in [4.69, 9.17) is 22.4 Å². The number of alkyl halides is 3. The van der Waals surface area contributed by atoms with Crippen LogP contribution in [0.4, 0.5) is 14.6 Å². The molecule has 0 atom stereocenters. The Morgan fingerprint density at radius 1 is 1.57 bits per heavy atom. The molecule has 3 nitrogen and oxygen atoms in total. The third-order valence-electron chi connectivity index (χ3n) is 1.87. The number of hydrogen-bond acceptors (Lipinski definition) is 3. The average molecular weight is 223 g/mol. The smallest absolute Gasteiger partial charge is 0.267 e. The Morgan fingerprint density at radius 3 is 2.64 bits per heavy atom. The van der Waals surface area contributed by atoms with Gasteiger partial charge in [0.15, 0.2) is 0 Å². The van der Waals surface area contributed by atoms with Crippen LogP contribution in [-0.2, 0) is 12.5 Å². The number of rotatable bonds is 3. The maximum absolute atomic E-state index is 12.5. The van der Waals surface area contributed by atoms with E-state index in [2.05, 4.69) is 4.98 Å². The molecule has 0 aromatic carbocycles. The van der Waals surface area contributed by atoms with Crippen molar-refractivity contribution in [3.05, 3.63) is 22.9 Å².